The van der Waals surface area contributed by atoms with Crippen LogP contribution in [0.3, 0.4) is 0 Å². The molecule has 2 N–H and O–H groups in total. The highest BCUT2D eigenvalue weighted by Crippen LogP contribution is 2.34. The van der Waals surface area contributed by atoms with Gasteiger partial charge in [0.05, 0.1) is 48.9 Å². The summed E-state index contributed by atoms with van der Waals surface area (Å²) in [6.07, 6.45) is 9.76. The van der Waals surface area contributed by atoms with Crippen LogP contribution in [-0.2, 0) is 54.4 Å². The molecule has 0 atom stereocenters. The van der Waals surface area contributed by atoms with Gasteiger partial charge in [-0.25, -0.2) is 18.7 Å². The van der Waals surface area contributed by atoms with Gasteiger partial charge >= 0.3 is 6.15 Å². The fourth-order valence-corrected chi connectivity index (χ4v) is 8.40. The number of anilines is 2. The average Bonchev–Trinajstić information content (AvgIpc) is 4.24. The maximum Gasteiger partial charge on any atom is 0.373 e. The molecule has 0 spiro atoms. The molecule has 1 saturated heterocycles. The minimum atomic E-state index is -0.315. The van der Waals surface area contributed by atoms with E-state index >= 15 is 0 Å². The zero-order chi connectivity index (χ0) is 48.2. The smallest absolute Gasteiger partial charge is 0.373 e. The van der Waals surface area contributed by atoms with E-state index in [-0.39, 0.29) is 48.4 Å². The number of hydrogen-bond donors (Lipinski definition) is 2. The van der Waals surface area contributed by atoms with Gasteiger partial charge in [0.25, 0.3) is 17.5 Å². The van der Waals surface area contributed by atoms with Crippen LogP contribution < -0.4 is 20.1 Å². The minimum absolute atomic E-state index is 0.168. The van der Waals surface area contributed by atoms with Gasteiger partial charge < -0.3 is 39.4 Å². The van der Waals surface area contributed by atoms with Crippen LogP contribution in [0.2, 0.25) is 0 Å². The molecule has 0 radical (unpaired) electrons. The van der Waals surface area contributed by atoms with E-state index in [0.717, 1.165) is 28.1 Å². The normalized spacial score (nSPS) is 13.4. The van der Waals surface area contributed by atoms with Crippen LogP contribution in [0.5, 0.6) is 11.5 Å². The van der Waals surface area contributed by atoms with Crippen LogP contribution in [-0.4, -0.2) is 105 Å². The third kappa shape index (κ3) is 8.85. The molecule has 0 bridgehead atoms. The summed E-state index contributed by atoms with van der Waals surface area (Å²) in [5, 5.41) is 15.0. The van der Waals surface area contributed by atoms with Gasteiger partial charge in [-0.15, -0.1) is 0 Å². The van der Waals surface area contributed by atoms with Crippen molar-refractivity contribution in [2.75, 3.05) is 50.2 Å². The number of hydrogen-bond acceptors (Lipinski definition) is 14. The Morgan fingerprint density at radius 3 is 1.77 bits per heavy atom. The topological polar surface area (TPSA) is 211 Å². The van der Waals surface area contributed by atoms with E-state index in [1.807, 2.05) is 13.1 Å². The SMILES string of the molecule is O=C=O.[C-]#[N+]c1cn2c(NCc3c(F)ccc4c3CCO4)ncc(-c3cc(C(=O)N4CCOCC4)nn3C)c2n1.[C-]#[N+]c1cn2c(NCc3c(F)ccc4c3CCO4)ncc(-c3ccnn3C)c2n1. The third-order valence-electron chi connectivity index (χ3n) is 11.7. The predicted molar refractivity (Wildman–Crippen MR) is 240 cm³/mol. The second-order valence-corrected chi connectivity index (χ2v) is 15.6. The molecule has 6 aromatic heterocycles. The molecule has 69 heavy (non-hydrogen) atoms. The lowest BCUT2D eigenvalue weighted by Gasteiger charge is -2.25. The Morgan fingerprint density at radius 2 is 1.28 bits per heavy atom. The molecular weight excluding hydrogens is 897 g/mol. The van der Waals surface area contributed by atoms with E-state index in [0.29, 0.717) is 109 Å². The van der Waals surface area contributed by atoms with Crippen LogP contribution in [0, 0.1) is 24.8 Å². The molecule has 1 amide bonds. The summed E-state index contributed by atoms with van der Waals surface area (Å²) in [4.78, 5) is 55.8. The summed E-state index contributed by atoms with van der Waals surface area (Å²) in [6.45, 7) is 18.3. The number of ether oxygens (including phenoxy) is 3. The van der Waals surface area contributed by atoms with Gasteiger partial charge in [0.15, 0.2) is 5.69 Å². The highest BCUT2D eigenvalue weighted by Gasteiger charge is 2.26. The molecule has 348 valence electrons. The molecular formula is C46H39F2N15O6. The monoisotopic (exact) mass is 935 g/mol. The third-order valence-corrected chi connectivity index (χ3v) is 11.7. The highest BCUT2D eigenvalue weighted by molar-refractivity contribution is 5.94. The summed E-state index contributed by atoms with van der Waals surface area (Å²) in [5.41, 5.74) is 7.02. The van der Waals surface area contributed by atoms with Gasteiger partial charge in [0, 0.05) is 106 Å². The van der Waals surface area contributed by atoms with E-state index in [2.05, 4.69) is 50.5 Å². The summed E-state index contributed by atoms with van der Waals surface area (Å²) < 4.78 is 52.2. The number of carbonyl (C=O) groups is 1. The van der Waals surface area contributed by atoms with Gasteiger partial charge in [-0.2, -0.15) is 19.8 Å². The summed E-state index contributed by atoms with van der Waals surface area (Å²) >= 11 is 0. The first-order valence-electron chi connectivity index (χ1n) is 21.3. The average molecular weight is 936 g/mol. The van der Waals surface area contributed by atoms with Crippen molar-refractivity contribution in [1.82, 2.24) is 53.2 Å². The molecule has 1 fully saturated rings. The second kappa shape index (κ2) is 19.4. The summed E-state index contributed by atoms with van der Waals surface area (Å²) in [6, 6.07) is 9.70. The molecule has 8 aromatic rings. The molecule has 0 aliphatic carbocycles. The van der Waals surface area contributed by atoms with Gasteiger partial charge in [0.1, 0.15) is 23.1 Å². The van der Waals surface area contributed by atoms with Crippen molar-refractivity contribution in [3.05, 3.63) is 130 Å². The number of aromatic nitrogens is 10. The lowest BCUT2D eigenvalue weighted by Crippen LogP contribution is -2.40. The standard InChI is InChI=1S/C25H23FN8O3.C20H16FN7O.CO2/c1-27-22-14-34-23(30-22)17(20-11-19(31-32(20)2)24(35)33-6-9-36-10-7-33)13-29-25(34)28-12-16-15-5-8-37-21(15)4-3-18(16)26;1-22-18-11-28-19(26-18)14(16-5-7-25-27(16)2)10-24-20(28)23-9-13-12-6-8-29-17(12)4-3-15(13)21;2-1-3/h3-4,11,13-14H,5-10,12H2,2H3,(H,28,29);3-5,7,10-11H,6,8-9H2,2H3,(H,23,24);. The number of nitrogens with zero attached hydrogens (tertiary/aromatic N) is 13. The Kier molecular flexibility index (Phi) is 12.7. The first-order valence-corrected chi connectivity index (χ1v) is 21.3. The fraction of sp³-hybridized carbons (Fsp3) is 0.261. The number of carbonyl (C=O) groups excluding carboxylic acids is 3. The number of aryl methyl sites for hydroxylation is 2. The second-order valence-electron chi connectivity index (χ2n) is 15.6. The maximum absolute atomic E-state index is 14.6. The Morgan fingerprint density at radius 1 is 0.754 bits per heavy atom. The van der Waals surface area contributed by atoms with Gasteiger partial charge in [-0.1, -0.05) is 23.1 Å². The fourth-order valence-electron chi connectivity index (χ4n) is 8.40. The number of benzene rings is 2. The van der Waals surface area contributed by atoms with E-state index < -0.39 is 0 Å². The van der Waals surface area contributed by atoms with Crippen LogP contribution in [0.15, 0.2) is 67.4 Å². The van der Waals surface area contributed by atoms with Crippen molar-refractivity contribution in [2.45, 2.75) is 25.9 Å². The van der Waals surface area contributed by atoms with E-state index in [4.69, 9.17) is 36.9 Å². The molecule has 3 aliphatic heterocycles. The van der Waals surface area contributed by atoms with Gasteiger partial charge in [-0.05, 0) is 36.4 Å². The van der Waals surface area contributed by atoms with Crippen LogP contribution in [0.4, 0.5) is 32.3 Å². The van der Waals surface area contributed by atoms with Crippen LogP contribution >= 0.6 is 0 Å². The van der Waals surface area contributed by atoms with Crippen LogP contribution in [0.25, 0.3) is 43.5 Å². The number of amides is 1. The highest BCUT2D eigenvalue weighted by atomic mass is 19.1. The number of halogens is 2. The van der Waals surface area contributed by atoms with E-state index in [1.54, 1.807) is 79.3 Å². The number of morpholine rings is 1. The molecule has 2 aromatic carbocycles. The minimum Gasteiger partial charge on any atom is -0.493 e. The Balaban J connectivity index is 0.000000167. The van der Waals surface area contributed by atoms with Gasteiger partial charge in [0.2, 0.25) is 23.2 Å². The molecule has 23 heteroatoms. The maximum atomic E-state index is 14.6. The largest absolute Gasteiger partial charge is 0.493 e. The lowest BCUT2D eigenvalue weighted by atomic mass is 10.0. The molecule has 0 saturated carbocycles. The van der Waals surface area contributed by atoms with Crippen molar-refractivity contribution in [2.24, 2.45) is 14.1 Å². The molecule has 3 aliphatic rings. The quantitative estimate of drug-likeness (QED) is 0.168. The van der Waals surface area contributed by atoms with Gasteiger partial charge in [-0.3, -0.25) is 23.0 Å². The van der Waals surface area contributed by atoms with E-state index in [1.165, 1.54) is 12.1 Å². The Bertz CT molecular complexity index is 3390. The van der Waals surface area contributed by atoms with Crippen molar-refractivity contribution >= 4 is 46.9 Å². The Labute approximate surface area is 390 Å². The van der Waals surface area contributed by atoms with Crippen molar-refractivity contribution in [3.63, 3.8) is 0 Å². The van der Waals surface area contributed by atoms with Crippen LogP contribution in [0.1, 0.15) is 32.7 Å². The number of imidazole rings is 2. The zero-order valence-electron chi connectivity index (χ0n) is 36.9. The zero-order valence-corrected chi connectivity index (χ0v) is 36.9. The Hall–Kier alpha value is -9.05. The van der Waals surface area contributed by atoms with Crippen molar-refractivity contribution in [1.29, 1.82) is 0 Å². The first kappa shape index (κ1) is 45.1. The van der Waals surface area contributed by atoms with Crippen molar-refractivity contribution < 1.29 is 37.4 Å². The number of rotatable bonds is 9. The molecule has 0 unspecified atom stereocenters. The summed E-state index contributed by atoms with van der Waals surface area (Å²) in [7, 11) is 3.57. The lowest BCUT2D eigenvalue weighted by molar-refractivity contribution is -0.191. The number of fused-ring (bicyclic) bond motifs is 4. The molecule has 9 heterocycles. The molecule has 11 rings (SSSR count). The van der Waals surface area contributed by atoms with E-state index in [9.17, 15) is 13.6 Å². The number of nitrogens with one attached hydrogen (secondary N) is 2. The molecule has 21 nitrogen and oxygen atoms in total. The predicted octanol–water partition coefficient (Wildman–Crippen LogP) is 5.62. The van der Waals surface area contributed by atoms with Crippen molar-refractivity contribution in [3.8, 4) is 34.0 Å². The first-order chi connectivity index (χ1) is 33.6. The summed E-state index contributed by atoms with van der Waals surface area (Å²) in [5.74, 6) is 1.98.